The van der Waals surface area contributed by atoms with Crippen LogP contribution in [-0.4, -0.2) is 204 Å². The van der Waals surface area contributed by atoms with Crippen molar-refractivity contribution in [3.8, 4) is 17.2 Å². The highest BCUT2D eigenvalue weighted by Gasteiger charge is 2.42. The molecule has 11 amide bonds. The van der Waals surface area contributed by atoms with Gasteiger partial charge in [-0.1, -0.05) is 121 Å². The van der Waals surface area contributed by atoms with Crippen molar-refractivity contribution in [1.29, 1.82) is 0 Å². The van der Waals surface area contributed by atoms with Gasteiger partial charge in [-0.25, -0.2) is 14.4 Å². The molecule has 0 aromatic heterocycles. The second-order valence-corrected chi connectivity index (χ2v) is 36.9. The Balaban J connectivity index is 0.000000184. The van der Waals surface area contributed by atoms with Gasteiger partial charge in [0.15, 0.2) is 0 Å². The highest BCUT2D eigenvalue weighted by atomic mass is 16.6. The van der Waals surface area contributed by atoms with Crippen molar-refractivity contribution in [3.63, 3.8) is 0 Å². The number of methoxy groups -OCH3 is 3. The first-order valence-corrected chi connectivity index (χ1v) is 45.8. The molecule has 0 radical (unpaired) electrons. The largest absolute Gasteiger partial charge is 0.497 e. The van der Waals surface area contributed by atoms with Crippen molar-refractivity contribution in [2.45, 2.75) is 199 Å². The third kappa shape index (κ3) is 27.8. The lowest BCUT2D eigenvalue weighted by molar-refractivity contribution is -0.121. The van der Waals surface area contributed by atoms with E-state index in [2.05, 4.69) is 37.2 Å². The first-order valence-electron chi connectivity index (χ1n) is 45.8. The number of nitrogens with one attached hydrogen (secondary N) is 7. The number of hydrogen-bond donors (Lipinski definition) is 7. The molecule has 6 atom stereocenters. The Labute approximate surface area is 784 Å². The Hall–Kier alpha value is -14.1. The van der Waals surface area contributed by atoms with Crippen molar-refractivity contribution in [3.05, 3.63) is 232 Å². The SMILES string of the molecule is CC(C)(C)OC(=O)N1CCC[C@H]1C(=O)Nc1ccc(/C=C/c2ccc(NC(=O)[C@@H]3CCCN3)cc2)cc1.CC(C)(C)OC(=O)N1CCC[C@H]1C(=O)Nc1ccc(/C=C/c2ccc(NC(=O)[C@@H]3CCCN3C(=O)OC(C)(C)C)cc2)cc1.COc1ccc(OC)c(C(=O)N2CCC[C@H]2C(=O)Nc2ccc(/C=C/c3ccc(NC(=O)[C@@H]4CCCN4C(=O)c4cc(C)ccc4OC)cc3)cc2)c1. The summed E-state index contributed by atoms with van der Waals surface area (Å²) in [4.78, 5) is 150. The maximum absolute atomic E-state index is 13.5. The molecule has 6 heterocycles. The zero-order valence-electron chi connectivity index (χ0n) is 78.7. The molecule has 6 saturated heterocycles. The minimum absolute atomic E-state index is 0.0125. The lowest BCUT2D eigenvalue weighted by Crippen LogP contribution is -2.45. The van der Waals surface area contributed by atoms with Gasteiger partial charge in [-0.3, -0.25) is 53.1 Å². The van der Waals surface area contributed by atoms with Gasteiger partial charge >= 0.3 is 18.3 Å². The van der Waals surface area contributed by atoms with E-state index in [1.54, 1.807) is 40.1 Å². The van der Waals surface area contributed by atoms with E-state index in [1.165, 1.54) is 36.0 Å². The Morgan fingerprint density at radius 3 is 0.813 bits per heavy atom. The van der Waals surface area contributed by atoms with Crippen LogP contribution in [0.4, 0.5) is 48.5 Å². The number of likely N-dealkylation sites (tertiary alicyclic amines) is 5. The summed E-state index contributed by atoms with van der Waals surface area (Å²) < 4.78 is 32.5. The van der Waals surface area contributed by atoms with Crippen LogP contribution >= 0.6 is 0 Å². The van der Waals surface area contributed by atoms with E-state index >= 15 is 0 Å². The van der Waals surface area contributed by atoms with E-state index in [0.29, 0.717) is 122 Å². The number of aryl methyl sites for hydroxylation is 1. The number of hydrogen-bond acceptors (Lipinski definition) is 18. The fraction of sp³-hybridized carbons (Fsp3) is 0.381. The molecule has 0 saturated carbocycles. The number of carbonyl (C=O) groups is 11. The molecule has 6 aliphatic heterocycles. The van der Waals surface area contributed by atoms with Crippen LogP contribution in [0.3, 0.4) is 0 Å². The second kappa shape index (κ2) is 45.4. The molecule has 29 heteroatoms. The van der Waals surface area contributed by atoms with Crippen LogP contribution in [0, 0.1) is 6.92 Å². The molecular weight excluding hydrogens is 1700 g/mol. The van der Waals surface area contributed by atoms with Crippen LogP contribution in [0.1, 0.15) is 199 Å². The van der Waals surface area contributed by atoms with Crippen LogP contribution in [-0.2, 0) is 43.0 Å². The summed E-state index contributed by atoms with van der Waals surface area (Å²) in [6, 6.07) is 52.7. The normalized spacial score (nSPS) is 18.2. The summed E-state index contributed by atoms with van der Waals surface area (Å²) >= 11 is 0. The summed E-state index contributed by atoms with van der Waals surface area (Å²) in [6.07, 6.45) is 19.0. The molecule has 14 rings (SSSR count). The highest BCUT2D eigenvalue weighted by molar-refractivity contribution is 6.05. The fourth-order valence-electron chi connectivity index (χ4n) is 16.5. The van der Waals surface area contributed by atoms with Crippen LogP contribution in [0.5, 0.6) is 17.2 Å². The van der Waals surface area contributed by atoms with Crippen molar-refractivity contribution in [1.82, 2.24) is 29.8 Å². The van der Waals surface area contributed by atoms with E-state index in [9.17, 15) is 52.7 Å². The van der Waals surface area contributed by atoms with Crippen molar-refractivity contribution in [2.75, 3.05) is 92.5 Å². The quantitative estimate of drug-likeness (QED) is 0.0231. The molecule has 8 aromatic carbocycles. The second-order valence-electron chi connectivity index (χ2n) is 36.9. The number of nitrogens with zero attached hydrogens (tertiary/aromatic N) is 5. The Morgan fingerprint density at radius 2 is 0.560 bits per heavy atom. The van der Waals surface area contributed by atoms with Gasteiger partial charge in [-0.2, -0.15) is 0 Å². The zero-order valence-corrected chi connectivity index (χ0v) is 78.7. The third-order valence-electron chi connectivity index (χ3n) is 23.3. The van der Waals surface area contributed by atoms with Gasteiger partial charge in [0.2, 0.25) is 35.4 Å². The average molecular weight is 1830 g/mol. The highest BCUT2D eigenvalue weighted by Crippen LogP contribution is 2.34. The fourth-order valence-corrected chi connectivity index (χ4v) is 16.5. The van der Waals surface area contributed by atoms with Crippen molar-refractivity contribution in [2.24, 2.45) is 0 Å². The summed E-state index contributed by atoms with van der Waals surface area (Å²) in [5, 5.41) is 20.9. The zero-order chi connectivity index (χ0) is 96.0. The van der Waals surface area contributed by atoms with Crippen LogP contribution in [0.2, 0.25) is 0 Å². The van der Waals surface area contributed by atoms with Gasteiger partial charge in [-0.15, -0.1) is 0 Å². The van der Waals surface area contributed by atoms with Gasteiger partial charge in [0.25, 0.3) is 11.8 Å². The predicted octanol–water partition coefficient (Wildman–Crippen LogP) is 18.1. The molecular formula is C105H124N12O17. The first-order chi connectivity index (χ1) is 64.0. The van der Waals surface area contributed by atoms with Gasteiger partial charge in [0.05, 0.1) is 38.5 Å². The number of rotatable bonds is 23. The topological polar surface area (TPSA) is 344 Å². The van der Waals surface area contributed by atoms with Gasteiger partial charge in [0, 0.05) is 66.8 Å². The summed E-state index contributed by atoms with van der Waals surface area (Å²) in [5.74, 6) is -0.147. The first kappa shape index (κ1) is 98.9. The van der Waals surface area contributed by atoms with Crippen LogP contribution in [0.25, 0.3) is 36.5 Å². The summed E-state index contributed by atoms with van der Waals surface area (Å²) in [6.45, 7) is 21.6. The van der Waals surface area contributed by atoms with Crippen molar-refractivity contribution < 1.29 is 81.2 Å². The van der Waals surface area contributed by atoms with E-state index in [-0.39, 0.29) is 53.3 Å². The molecule has 0 bridgehead atoms. The molecule has 7 N–H and O–H groups in total. The smallest absolute Gasteiger partial charge is 0.410 e. The van der Waals surface area contributed by atoms with E-state index in [0.717, 1.165) is 96.1 Å². The Kier molecular flexibility index (Phi) is 33.5. The minimum atomic E-state index is -0.621. The van der Waals surface area contributed by atoms with Crippen molar-refractivity contribution >= 4 is 136 Å². The Bertz CT molecular complexity index is 5470. The third-order valence-corrected chi connectivity index (χ3v) is 23.3. The molecule has 706 valence electrons. The molecule has 0 spiro atoms. The number of ether oxygens (including phenoxy) is 6. The molecule has 0 aliphatic carbocycles. The maximum atomic E-state index is 13.5. The minimum Gasteiger partial charge on any atom is -0.497 e. The monoisotopic (exact) mass is 1820 g/mol. The molecule has 6 aliphatic rings. The maximum Gasteiger partial charge on any atom is 0.410 e. The average Bonchev–Trinajstić information content (AvgIpc) is 1.61. The Morgan fingerprint density at radius 1 is 0.306 bits per heavy atom. The van der Waals surface area contributed by atoms with E-state index in [1.807, 2.05) is 257 Å². The van der Waals surface area contributed by atoms with Crippen LogP contribution in [0.15, 0.2) is 182 Å². The van der Waals surface area contributed by atoms with Gasteiger partial charge < -0.3 is 75.4 Å². The number of anilines is 6. The van der Waals surface area contributed by atoms with Gasteiger partial charge in [0.1, 0.15) is 64.3 Å². The summed E-state index contributed by atoms with van der Waals surface area (Å²) in [7, 11) is 4.57. The predicted molar refractivity (Wildman–Crippen MR) is 522 cm³/mol. The number of amides is 11. The van der Waals surface area contributed by atoms with E-state index in [4.69, 9.17) is 28.4 Å². The lowest BCUT2D eigenvalue weighted by atomic mass is 10.1. The van der Waals surface area contributed by atoms with Crippen LogP contribution < -0.4 is 51.4 Å². The molecule has 6 fully saturated rings. The molecule has 134 heavy (non-hydrogen) atoms. The van der Waals surface area contributed by atoms with Gasteiger partial charge in [-0.05, 0) is 289 Å². The molecule has 0 unspecified atom stereocenters. The molecule has 29 nitrogen and oxygen atoms in total. The summed E-state index contributed by atoms with van der Waals surface area (Å²) in [5.41, 5.74) is 9.69. The lowest BCUT2D eigenvalue weighted by Gasteiger charge is -2.28. The van der Waals surface area contributed by atoms with E-state index < -0.39 is 65.3 Å². The molecule has 8 aromatic rings. The number of benzene rings is 8. The number of carbonyl (C=O) groups excluding carboxylic acids is 11. The standard InChI is InChI=1S/C42H44N4O7.C34H44N4O6.C29H36N4O4/c1-27-9-21-37(52-3)33(25-27)41(49)45-23-5-7-35(45)39(47)43-30-16-12-28(13-17-30)10-11-29-14-18-31(19-15-29)44-40(48)36-8-6-24-46(36)42(50)34-26-32(51-2)20-22-38(34)53-4;1-33(2,3)43-31(41)37-21-7-9-27(37)29(39)35-25-17-13-23(14-18-25)11-12-24-15-19-26(20-16-24)36-30(40)28-10-8-22-38(28)32(42)44-34(4,5)6;1-29(2,3)37-28(36)33-19-5-7-25(33)27(35)32-23-16-12-21(13-17-23)9-8-20-10-14-22(15-11-20)31-26(34)24-6-4-18-30-24/h9-22,25-26,35-36H,5-8,23-24H2,1-4H3,(H,43,47)(H,44,48);11-20,27-28H,7-10,21-22H2,1-6H3,(H,35,39)(H,36,40);8-17,24-25,30H,4-7,18-19H2,1-3H3,(H,31,34)(H,32,35)/b11-10+;12-11+;9-8+/t35-,36-;27-,28-;24-,25-/m000/s1.